The van der Waals surface area contributed by atoms with Crippen molar-refractivity contribution in [3.8, 4) is 17.1 Å². The molecule has 8 aliphatic rings. The standard InChI is InChI=1S/C55H68N10O6/c1-33(2)64-32-57-45-29-44(59-50(49(45)64)58-38-10-11-38)35-8-15-43-46(26-35)65(40-27-39(28-40)61-21-4-3-5-22-61)54(70)55(43)19-24-62(25-20-55)53(69)37-18-23-63(31-37)52(68)34-6-12-41(13-7-34)71-48-17-9-36(30-56-48)42-14-16-47(66)60-51(42)67/h8-9,15,17,26,29-30,32-34,37-42H,3-7,10-14,16,18-25,27-28,31H2,1-2H3,(H,58,59)(H,60,66,67)/t34?,37-,39?,40?,41?,42-/m1/s1. The molecule has 2 N–H and O–H groups in total. The highest BCUT2D eigenvalue weighted by Gasteiger charge is 2.56. The number of fused-ring (bicyclic) bond motifs is 3. The van der Waals surface area contributed by atoms with E-state index in [-0.39, 0.29) is 59.6 Å². The highest BCUT2D eigenvalue weighted by Crippen LogP contribution is 2.52. The Labute approximate surface area is 415 Å². The van der Waals surface area contributed by atoms with Crippen LogP contribution in [0.2, 0.25) is 0 Å². The molecular formula is C55H68N10O6. The minimum Gasteiger partial charge on any atom is -0.474 e. The quantitative estimate of drug-likeness (QED) is 0.150. The van der Waals surface area contributed by atoms with Gasteiger partial charge in [0.25, 0.3) is 0 Å². The van der Waals surface area contributed by atoms with Crippen molar-refractivity contribution in [1.82, 2.24) is 39.5 Å². The number of ether oxygens (including phenoxy) is 1. The normalized spacial score (nSPS) is 27.8. The van der Waals surface area contributed by atoms with Crippen molar-refractivity contribution in [1.29, 1.82) is 0 Å². The van der Waals surface area contributed by atoms with Crippen LogP contribution in [0.1, 0.15) is 140 Å². The van der Waals surface area contributed by atoms with Gasteiger partial charge in [-0.2, -0.15) is 0 Å². The van der Waals surface area contributed by atoms with Crippen molar-refractivity contribution in [2.45, 2.75) is 158 Å². The van der Waals surface area contributed by atoms with Gasteiger partial charge >= 0.3 is 0 Å². The Kier molecular flexibility index (Phi) is 12.1. The molecule has 5 amide bonds. The van der Waals surface area contributed by atoms with Gasteiger partial charge in [0, 0.05) is 86.2 Å². The third kappa shape index (κ3) is 8.64. The number of benzene rings is 1. The Hall–Kier alpha value is -5.90. The van der Waals surface area contributed by atoms with Crippen molar-refractivity contribution in [3.05, 3.63) is 60.0 Å². The van der Waals surface area contributed by atoms with Crippen molar-refractivity contribution < 1.29 is 28.7 Å². The fraction of sp³-hybridized carbons (Fsp3) is 0.600. The van der Waals surface area contributed by atoms with Crippen molar-refractivity contribution in [2.75, 3.05) is 49.5 Å². The molecule has 16 heteroatoms. The molecule has 374 valence electrons. The Morgan fingerprint density at radius 2 is 1.58 bits per heavy atom. The molecule has 0 bridgehead atoms. The number of likely N-dealkylation sites (tertiary alicyclic amines) is 3. The van der Waals surface area contributed by atoms with E-state index in [9.17, 15) is 19.2 Å². The molecule has 0 unspecified atom stereocenters. The summed E-state index contributed by atoms with van der Waals surface area (Å²) in [6.45, 7) is 8.67. The van der Waals surface area contributed by atoms with Gasteiger partial charge in [0.15, 0.2) is 5.82 Å². The number of hydrogen-bond donors (Lipinski definition) is 2. The number of piperidine rings is 3. The molecular weight excluding hydrogens is 897 g/mol. The van der Waals surface area contributed by atoms with E-state index in [1.54, 1.807) is 12.3 Å². The zero-order valence-corrected chi connectivity index (χ0v) is 41.3. The number of pyridine rings is 2. The predicted octanol–water partition coefficient (Wildman–Crippen LogP) is 6.88. The summed E-state index contributed by atoms with van der Waals surface area (Å²) in [5, 5.41) is 6.10. The van der Waals surface area contributed by atoms with Crippen LogP contribution in [-0.2, 0) is 29.4 Å². The molecule has 4 saturated heterocycles. The van der Waals surface area contributed by atoms with Gasteiger partial charge in [-0.3, -0.25) is 29.3 Å². The van der Waals surface area contributed by atoms with Crippen molar-refractivity contribution in [3.63, 3.8) is 0 Å². The van der Waals surface area contributed by atoms with E-state index in [4.69, 9.17) is 14.7 Å². The fourth-order valence-electron chi connectivity index (χ4n) is 13.1. The Morgan fingerprint density at radius 1 is 0.803 bits per heavy atom. The lowest BCUT2D eigenvalue weighted by molar-refractivity contribution is -0.140. The summed E-state index contributed by atoms with van der Waals surface area (Å²) in [6.07, 6.45) is 17.0. The molecule has 3 aromatic heterocycles. The third-order valence-corrected chi connectivity index (χ3v) is 17.6. The first-order valence-electron chi connectivity index (χ1n) is 26.9. The van der Waals surface area contributed by atoms with Crippen LogP contribution in [0.3, 0.4) is 0 Å². The average Bonchev–Trinajstić information content (AvgIpc) is 3.76. The van der Waals surface area contributed by atoms with E-state index in [0.717, 1.165) is 96.5 Å². The number of carbonyl (C=O) groups excluding carboxylic acids is 5. The van der Waals surface area contributed by atoms with Gasteiger partial charge in [-0.1, -0.05) is 24.6 Å². The Balaban J connectivity index is 0.697. The molecule has 7 fully saturated rings. The molecule has 12 rings (SSSR count). The number of carbonyl (C=O) groups is 5. The second-order valence-electron chi connectivity index (χ2n) is 22.4. The van der Waals surface area contributed by atoms with E-state index < -0.39 is 11.3 Å². The molecule has 71 heavy (non-hydrogen) atoms. The molecule has 3 aliphatic carbocycles. The maximum Gasteiger partial charge on any atom is 0.238 e. The molecule has 1 aromatic carbocycles. The summed E-state index contributed by atoms with van der Waals surface area (Å²) in [6, 6.07) is 13.6. The van der Waals surface area contributed by atoms with E-state index >= 15 is 4.79 Å². The minimum absolute atomic E-state index is 0.0586. The van der Waals surface area contributed by atoms with Crippen molar-refractivity contribution >= 4 is 52.1 Å². The monoisotopic (exact) mass is 965 g/mol. The number of nitrogens with one attached hydrogen (secondary N) is 2. The molecule has 2 atom stereocenters. The van der Waals surface area contributed by atoms with Crippen LogP contribution >= 0.6 is 0 Å². The number of nitrogens with zero attached hydrogens (tertiary/aromatic N) is 8. The second kappa shape index (κ2) is 18.6. The van der Waals surface area contributed by atoms with Gasteiger partial charge in [0.2, 0.25) is 35.4 Å². The van der Waals surface area contributed by atoms with Crippen LogP contribution in [0.15, 0.2) is 48.9 Å². The van der Waals surface area contributed by atoms with Gasteiger partial charge in [0.1, 0.15) is 11.6 Å². The summed E-state index contributed by atoms with van der Waals surface area (Å²) in [4.78, 5) is 90.5. The van der Waals surface area contributed by atoms with E-state index in [0.29, 0.717) is 89.1 Å². The number of aromatic nitrogens is 4. The molecule has 0 radical (unpaired) electrons. The maximum atomic E-state index is 15.2. The molecule has 16 nitrogen and oxygen atoms in total. The second-order valence-corrected chi connectivity index (χ2v) is 22.4. The highest BCUT2D eigenvalue weighted by atomic mass is 16.5. The largest absolute Gasteiger partial charge is 0.474 e. The van der Waals surface area contributed by atoms with Crippen LogP contribution in [0, 0.1) is 11.8 Å². The molecule has 1 spiro atoms. The van der Waals surface area contributed by atoms with Crippen LogP contribution < -0.4 is 20.3 Å². The molecule has 4 aromatic rings. The van der Waals surface area contributed by atoms with Crippen LogP contribution in [0.5, 0.6) is 5.88 Å². The molecule has 3 saturated carbocycles. The van der Waals surface area contributed by atoms with E-state index in [1.165, 1.54) is 19.3 Å². The Bertz CT molecular complexity index is 2720. The lowest BCUT2D eigenvalue weighted by Crippen LogP contribution is -2.58. The number of imidazole rings is 1. The topological polar surface area (TPSA) is 175 Å². The van der Waals surface area contributed by atoms with Crippen molar-refractivity contribution in [2.24, 2.45) is 11.8 Å². The number of anilines is 2. The highest BCUT2D eigenvalue weighted by molar-refractivity contribution is 6.09. The van der Waals surface area contributed by atoms with Crippen LogP contribution in [0.25, 0.3) is 22.3 Å². The third-order valence-electron chi connectivity index (χ3n) is 17.6. The number of hydrogen-bond acceptors (Lipinski definition) is 11. The number of rotatable bonds is 11. The fourth-order valence-corrected chi connectivity index (χ4v) is 13.1. The smallest absolute Gasteiger partial charge is 0.238 e. The van der Waals surface area contributed by atoms with Gasteiger partial charge in [-0.15, -0.1) is 0 Å². The van der Waals surface area contributed by atoms with Gasteiger partial charge < -0.3 is 34.2 Å². The zero-order valence-electron chi connectivity index (χ0n) is 41.3. The van der Waals surface area contributed by atoms with Gasteiger partial charge in [-0.05, 0) is 140 Å². The van der Waals surface area contributed by atoms with Crippen LogP contribution in [-0.4, -0.2) is 127 Å². The maximum absolute atomic E-state index is 15.2. The van der Waals surface area contributed by atoms with Crippen LogP contribution in [0.4, 0.5) is 11.5 Å². The predicted molar refractivity (Wildman–Crippen MR) is 268 cm³/mol. The van der Waals surface area contributed by atoms with Gasteiger partial charge in [0.05, 0.1) is 34.8 Å². The minimum atomic E-state index is -0.692. The van der Waals surface area contributed by atoms with Gasteiger partial charge in [-0.25, -0.2) is 15.0 Å². The van der Waals surface area contributed by atoms with E-state index in [1.807, 2.05) is 22.2 Å². The number of amides is 5. The number of imide groups is 1. The summed E-state index contributed by atoms with van der Waals surface area (Å²) < 4.78 is 8.40. The lowest BCUT2D eigenvalue weighted by Gasteiger charge is -2.48. The summed E-state index contributed by atoms with van der Waals surface area (Å²) >= 11 is 0. The first-order chi connectivity index (χ1) is 34.5. The lowest BCUT2D eigenvalue weighted by atomic mass is 9.73. The Morgan fingerprint density at radius 3 is 2.30 bits per heavy atom. The van der Waals surface area contributed by atoms with E-state index in [2.05, 4.69) is 68.1 Å². The first kappa shape index (κ1) is 46.2. The SMILES string of the molecule is CC(C)n1cnc2cc(-c3ccc4c(c3)N(C3CC(N5CCCCC5)C3)C(=O)C43CCN(C(=O)[C@@H]4CCN(C(=O)C5CCC(Oc6ccc([C@H]7CCC(=O)NC7=O)cn6)CC5)C4)CC3)nc(NC3CC3)c21. The molecule has 8 heterocycles. The molecule has 5 aliphatic heterocycles. The summed E-state index contributed by atoms with van der Waals surface area (Å²) in [7, 11) is 0. The zero-order chi connectivity index (χ0) is 48.5. The summed E-state index contributed by atoms with van der Waals surface area (Å²) in [5.41, 5.74) is 5.92. The first-order valence-corrected chi connectivity index (χ1v) is 26.9. The average molecular weight is 965 g/mol. The summed E-state index contributed by atoms with van der Waals surface area (Å²) in [5.74, 6) is 0.496.